The number of phenolic OH excluding ortho intramolecular Hbond substituents is 1. The van der Waals surface area contributed by atoms with Crippen molar-refractivity contribution in [2.45, 2.75) is 77.6 Å². The lowest BCUT2D eigenvalue weighted by atomic mass is 10.1. The van der Waals surface area contributed by atoms with Gasteiger partial charge in [-0.2, -0.15) is 8.42 Å². The maximum absolute atomic E-state index is 12.5. The molecular weight excluding hydrogens is 522 g/mol. The molecule has 216 valence electrons. The highest BCUT2D eigenvalue weighted by Gasteiger charge is 2.12. The van der Waals surface area contributed by atoms with E-state index in [2.05, 4.69) is 22.9 Å². The van der Waals surface area contributed by atoms with Crippen LogP contribution in [0.25, 0.3) is 0 Å². The predicted octanol–water partition coefficient (Wildman–Crippen LogP) is 6.55. The number of anilines is 3. The van der Waals surface area contributed by atoms with Gasteiger partial charge in [0.25, 0.3) is 10.1 Å². The predicted molar refractivity (Wildman–Crippen MR) is 154 cm³/mol. The number of hydrogen-bond acceptors (Lipinski definition) is 7. The van der Waals surface area contributed by atoms with E-state index in [1.165, 1.54) is 56.7 Å². The molecule has 0 fully saturated rings. The summed E-state index contributed by atoms with van der Waals surface area (Å²) in [4.78, 5) is 24.8. The van der Waals surface area contributed by atoms with E-state index in [1.807, 2.05) is 0 Å². The molecule has 11 heteroatoms. The van der Waals surface area contributed by atoms with Crippen LogP contribution >= 0.6 is 0 Å². The number of amides is 2. The molecular formula is C28H41N3O7S. The second-order valence-corrected chi connectivity index (χ2v) is 11.0. The first kappa shape index (κ1) is 31.9. The zero-order valence-electron chi connectivity index (χ0n) is 22.6. The first-order valence-corrected chi connectivity index (χ1v) is 15.2. The van der Waals surface area contributed by atoms with Gasteiger partial charge in [0.05, 0.1) is 11.4 Å². The molecule has 0 atom stereocenters. The van der Waals surface area contributed by atoms with Gasteiger partial charge in [-0.05, 0) is 43.2 Å². The number of aromatic hydroxyl groups is 1. The highest BCUT2D eigenvalue weighted by atomic mass is 32.2. The molecule has 10 nitrogen and oxygen atoms in total. The normalized spacial score (nSPS) is 11.1. The number of carbonyl (C=O) groups excluding carboxylic acids is 2. The Morgan fingerprint density at radius 3 is 2.15 bits per heavy atom. The van der Waals surface area contributed by atoms with Crippen molar-refractivity contribution in [3.63, 3.8) is 0 Å². The lowest BCUT2D eigenvalue weighted by Gasteiger charge is -2.13. The molecule has 0 spiro atoms. The monoisotopic (exact) mass is 563 g/mol. The van der Waals surface area contributed by atoms with E-state index in [-0.39, 0.29) is 36.1 Å². The molecule has 39 heavy (non-hydrogen) atoms. The highest BCUT2D eigenvalue weighted by Crippen LogP contribution is 2.29. The summed E-state index contributed by atoms with van der Waals surface area (Å²) in [5, 5.41) is 18.1. The summed E-state index contributed by atoms with van der Waals surface area (Å²) in [6.45, 7) is 2.37. The number of nitrogens with one attached hydrogen (secondary N) is 3. The zero-order chi connectivity index (χ0) is 28.5. The zero-order valence-corrected chi connectivity index (χ0v) is 23.4. The third-order valence-electron chi connectivity index (χ3n) is 5.96. The van der Waals surface area contributed by atoms with Gasteiger partial charge >= 0.3 is 6.09 Å². The van der Waals surface area contributed by atoms with E-state index in [9.17, 15) is 23.1 Å². The molecule has 0 heterocycles. The van der Waals surface area contributed by atoms with E-state index >= 15 is 0 Å². The maximum atomic E-state index is 12.5. The quantitative estimate of drug-likeness (QED) is 0.101. The van der Waals surface area contributed by atoms with Crippen LogP contribution in [0, 0.1) is 0 Å². The molecule has 0 aliphatic carbocycles. The van der Waals surface area contributed by atoms with Gasteiger partial charge in [0.15, 0.2) is 5.75 Å². The summed E-state index contributed by atoms with van der Waals surface area (Å²) in [6, 6.07) is 10.8. The minimum Gasteiger partial charge on any atom is -0.508 e. The first-order valence-electron chi connectivity index (χ1n) is 13.6. The molecule has 0 aromatic heterocycles. The largest absolute Gasteiger partial charge is 0.508 e. The Hall–Kier alpha value is -3.31. The summed E-state index contributed by atoms with van der Waals surface area (Å²) < 4.78 is 35.9. The number of phenols is 1. The average Bonchev–Trinajstić information content (AvgIpc) is 2.86. The van der Waals surface area contributed by atoms with E-state index in [0.29, 0.717) is 17.8 Å². The Morgan fingerprint density at radius 1 is 0.846 bits per heavy atom. The van der Waals surface area contributed by atoms with Gasteiger partial charge in [0.1, 0.15) is 5.75 Å². The van der Waals surface area contributed by atoms with Crippen LogP contribution in [0.2, 0.25) is 0 Å². The topological polar surface area (TPSA) is 154 Å². The fourth-order valence-electron chi connectivity index (χ4n) is 3.96. The third kappa shape index (κ3) is 14.4. The maximum Gasteiger partial charge on any atom is 0.417 e. The molecule has 2 aromatic carbocycles. The summed E-state index contributed by atoms with van der Waals surface area (Å²) >= 11 is 0. The molecule has 0 unspecified atom stereocenters. The van der Waals surface area contributed by atoms with Crippen molar-refractivity contribution >= 4 is 39.2 Å². The first-order chi connectivity index (χ1) is 18.7. The Balaban J connectivity index is 1.78. The fourth-order valence-corrected chi connectivity index (χ4v) is 4.47. The van der Waals surface area contributed by atoms with Crippen LogP contribution < -0.4 is 20.7 Å². The van der Waals surface area contributed by atoms with Gasteiger partial charge in [-0.15, -0.1) is 0 Å². The van der Waals surface area contributed by atoms with Gasteiger partial charge in [0, 0.05) is 30.4 Å². The van der Waals surface area contributed by atoms with Crippen molar-refractivity contribution in [3.05, 3.63) is 42.5 Å². The van der Waals surface area contributed by atoms with E-state index in [4.69, 9.17) is 9.29 Å². The van der Waals surface area contributed by atoms with Crippen LogP contribution in [0.4, 0.5) is 21.9 Å². The number of ether oxygens (including phenoxy) is 1. The van der Waals surface area contributed by atoms with Gasteiger partial charge in [-0.3, -0.25) is 14.7 Å². The van der Waals surface area contributed by atoms with Crippen molar-refractivity contribution in [3.8, 4) is 11.5 Å². The number of carbonyl (C=O) groups is 2. The van der Waals surface area contributed by atoms with Crippen molar-refractivity contribution in [2.24, 2.45) is 0 Å². The van der Waals surface area contributed by atoms with Crippen LogP contribution in [-0.2, 0) is 14.9 Å². The van der Waals surface area contributed by atoms with Crippen molar-refractivity contribution in [1.82, 2.24) is 0 Å². The average molecular weight is 564 g/mol. The number of unbranched alkanes of at least 4 members (excludes halogenated alkanes) is 8. The molecule has 0 bridgehead atoms. The smallest absolute Gasteiger partial charge is 0.417 e. The Labute approximate surface area is 231 Å². The van der Waals surface area contributed by atoms with Crippen molar-refractivity contribution < 1.29 is 32.4 Å². The minimum absolute atomic E-state index is 0.0773. The molecule has 0 aliphatic heterocycles. The minimum atomic E-state index is -4.08. The van der Waals surface area contributed by atoms with Gasteiger partial charge in [0.2, 0.25) is 5.91 Å². The van der Waals surface area contributed by atoms with Gasteiger partial charge < -0.3 is 20.5 Å². The molecule has 2 rings (SSSR count). The van der Waals surface area contributed by atoms with Gasteiger partial charge in [-0.1, -0.05) is 64.4 Å². The molecule has 5 N–H and O–H groups in total. The number of rotatable bonds is 18. The number of hydrogen-bond donors (Lipinski definition) is 5. The molecule has 0 saturated carbocycles. The lowest BCUT2D eigenvalue weighted by Crippen LogP contribution is -2.18. The van der Waals surface area contributed by atoms with Crippen LogP contribution in [0.1, 0.15) is 77.6 Å². The van der Waals surface area contributed by atoms with E-state index in [1.54, 1.807) is 24.3 Å². The SMILES string of the molecule is CCCCCCCCCCCC(=O)Nc1cccc(NC(=O)Oc2ccc(O)cc2NCCCS(=O)(=O)O)c1. The molecule has 2 aromatic rings. The van der Waals surface area contributed by atoms with Crippen LogP contribution in [0.15, 0.2) is 42.5 Å². The van der Waals surface area contributed by atoms with Crippen LogP contribution in [0.3, 0.4) is 0 Å². The Bertz CT molecular complexity index is 1160. The van der Waals surface area contributed by atoms with Crippen LogP contribution in [-0.4, -0.2) is 42.4 Å². The van der Waals surface area contributed by atoms with Crippen molar-refractivity contribution in [2.75, 3.05) is 28.2 Å². The second-order valence-electron chi connectivity index (χ2n) is 9.47. The van der Waals surface area contributed by atoms with E-state index < -0.39 is 22.0 Å². The summed E-state index contributed by atoms with van der Waals surface area (Å²) in [7, 11) is -4.08. The van der Waals surface area contributed by atoms with Crippen LogP contribution in [0.5, 0.6) is 11.5 Å². The van der Waals surface area contributed by atoms with E-state index in [0.717, 1.165) is 19.3 Å². The standard InChI is InChI=1S/C28H41N3O7S/c1-2-3-4-5-6-7-8-9-10-15-27(33)30-22-13-11-14-23(20-22)31-28(34)38-26-17-16-24(32)21-25(26)29-18-12-19-39(35,36)37/h11,13-14,16-17,20-21,29,32H,2-10,12,15,18-19H2,1H3,(H,30,33)(H,31,34)(H,35,36,37). The number of benzene rings is 2. The summed E-state index contributed by atoms with van der Waals surface area (Å²) in [5.41, 5.74) is 1.25. The second kappa shape index (κ2) is 17.3. The highest BCUT2D eigenvalue weighted by molar-refractivity contribution is 7.85. The molecule has 0 radical (unpaired) electrons. The van der Waals surface area contributed by atoms with Crippen molar-refractivity contribution in [1.29, 1.82) is 0 Å². The Kier molecular flexibility index (Phi) is 14.2. The molecule has 0 saturated heterocycles. The summed E-state index contributed by atoms with van der Waals surface area (Å²) in [5.74, 6) is -0.471. The fraction of sp³-hybridized carbons (Fsp3) is 0.500. The molecule has 0 aliphatic rings. The Morgan fingerprint density at radius 2 is 1.49 bits per heavy atom. The molecule has 2 amide bonds. The lowest BCUT2D eigenvalue weighted by molar-refractivity contribution is -0.116. The third-order valence-corrected chi connectivity index (χ3v) is 6.77. The summed E-state index contributed by atoms with van der Waals surface area (Å²) in [6.07, 6.45) is 10.4. The van der Waals surface area contributed by atoms with Gasteiger partial charge in [-0.25, -0.2) is 4.79 Å².